The van der Waals surface area contributed by atoms with Gasteiger partial charge < -0.3 is 14.6 Å². The Kier molecular flexibility index (Phi) is 16.4. The van der Waals surface area contributed by atoms with Crippen LogP contribution in [0.5, 0.6) is 0 Å². The van der Waals surface area contributed by atoms with Crippen molar-refractivity contribution in [2.45, 2.75) is 123 Å². The van der Waals surface area contributed by atoms with Gasteiger partial charge in [-0.3, -0.25) is 9.59 Å². The summed E-state index contributed by atoms with van der Waals surface area (Å²) < 4.78 is 11.7. The fraction of sp³-hybridized carbons (Fsp3) is 0.704. The first-order valence-electron chi connectivity index (χ1n) is 12.6. The summed E-state index contributed by atoms with van der Waals surface area (Å²) in [6, 6.07) is 10.2. The van der Waals surface area contributed by atoms with Crippen LogP contribution >= 0.6 is 0 Å². The summed E-state index contributed by atoms with van der Waals surface area (Å²) in [5.41, 5.74) is 1.18. The number of hydrogen-bond acceptors (Lipinski definition) is 4. The number of carbonyl (C=O) groups is 2. The van der Waals surface area contributed by atoms with Crippen LogP contribution in [0.3, 0.4) is 0 Å². The smallest absolute Gasteiger partial charge is 0.303 e. The van der Waals surface area contributed by atoms with Crippen LogP contribution in [0.2, 0.25) is 0 Å². The van der Waals surface area contributed by atoms with Crippen molar-refractivity contribution < 1.29 is 24.2 Å². The molecular weight excluding hydrogens is 404 g/mol. The van der Waals surface area contributed by atoms with E-state index in [4.69, 9.17) is 14.6 Å². The van der Waals surface area contributed by atoms with Crippen molar-refractivity contribution in [2.24, 2.45) is 0 Å². The molecule has 0 fully saturated rings. The van der Waals surface area contributed by atoms with Gasteiger partial charge in [0.2, 0.25) is 0 Å². The lowest BCUT2D eigenvalue weighted by molar-refractivity contribution is -0.147. The molecule has 5 heteroatoms. The van der Waals surface area contributed by atoms with Gasteiger partial charge in [-0.05, 0) is 50.5 Å². The Labute approximate surface area is 194 Å². The van der Waals surface area contributed by atoms with Crippen LogP contribution in [0.1, 0.15) is 109 Å². The van der Waals surface area contributed by atoms with Gasteiger partial charge in [-0.2, -0.15) is 0 Å². The quantitative estimate of drug-likeness (QED) is 0.171. The zero-order valence-electron chi connectivity index (χ0n) is 20.2. The van der Waals surface area contributed by atoms with Crippen LogP contribution in [0.25, 0.3) is 0 Å². The highest BCUT2D eigenvalue weighted by molar-refractivity contribution is 5.66. The third-order valence-electron chi connectivity index (χ3n) is 5.76. The molecule has 0 amide bonds. The Bertz CT molecular complexity index is 601. The summed E-state index contributed by atoms with van der Waals surface area (Å²) in [4.78, 5) is 22.1. The molecule has 1 rings (SSSR count). The number of carbonyl (C=O) groups excluding carboxylic acids is 1. The maximum atomic E-state index is 11.4. The van der Waals surface area contributed by atoms with E-state index in [1.165, 1.54) is 25.3 Å². The van der Waals surface area contributed by atoms with Crippen molar-refractivity contribution in [3.63, 3.8) is 0 Å². The molecule has 0 radical (unpaired) electrons. The van der Waals surface area contributed by atoms with E-state index in [-0.39, 0.29) is 24.6 Å². The molecular formula is C27H44O5. The largest absolute Gasteiger partial charge is 0.481 e. The lowest BCUT2D eigenvalue weighted by Gasteiger charge is -2.19. The summed E-state index contributed by atoms with van der Waals surface area (Å²) in [6.07, 6.45) is 13.8. The highest BCUT2D eigenvalue weighted by Gasteiger charge is 2.13. The second-order valence-corrected chi connectivity index (χ2v) is 8.78. The van der Waals surface area contributed by atoms with Crippen molar-refractivity contribution in [1.29, 1.82) is 0 Å². The Balaban J connectivity index is 2.35. The molecule has 0 aliphatic rings. The number of unbranched alkanes of at least 4 members (excludes halogenated alkanes) is 6. The first kappa shape index (κ1) is 28.2. The van der Waals surface area contributed by atoms with E-state index >= 15 is 0 Å². The monoisotopic (exact) mass is 448 g/mol. The molecule has 2 atom stereocenters. The highest BCUT2D eigenvalue weighted by atomic mass is 16.5. The van der Waals surface area contributed by atoms with Gasteiger partial charge in [0.05, 0.1) is 12.7 Å². The SMILES string of the molecule is CCCCCC(CCCCCC(CCCCCC(=O)O)OCc1ccccc1)OC(C)=O. The number of esters is 1. The summed E-state index contributed by atoms with van der Waals surface area (Å²) in [7, 11) is 0. The lowest BCUT2D eigenvalue weighted by atomic mass is 10.0. The lowest BCUT2D eigenvalue weighted by Crippen LogP contribution is -2.16. The third kappa shape index (κ3) is 15.9. The standard InChI is InChI=1S/C27H44O5/c1-3-4-8-19-26(32-23(2)28)20-13-6-11-17-25(18-12-7-14-21-27(29)30)31-22-24-15-9-5-10-16-24/h5,9-10,15-16,25-26H,3-4,6-8,11-14,17-22H2,1-2H3,(H,29,30). The predicted molar refractivity (Wildman–Crippen MR) is 129 cm³/mol. The summed E-state index contributed by atoms with van der Waals surface area (Å²) in [6.45, 7) is 4.30. The van der Waals surface area contributed by atoms with Gasteiger partial charge in [0.15, 0.2) is 0 Å². The van der Waals surface area contributed by atoms with Crippen LogP contribution < -0.4 is 0 Å². The number of ether oxygens (including phenoxy) is 2. The zero-order chi connectivity index (χ0) is 23.4. The molecule has 5 nitrogen and oxygen atoms in total. The molecule has 0 heterocycles. The van der Waals surface area contributed by atoms with E-state index in [1.807, 2.05) is 18.2 Å². The van der Waals surface area contributed by atoms with Crippen molar-refractivity contribution in [3.8, 4) is 0 Å². The fourth-order valence-corrected chi connectivity index (χ4v) is 3.96. The minimum absolute atomic E-state index is 0.0541. The molecule has 0 aliphatic heterocycles. The highest BCUT2D eigenvalue weighted by Crippen LogP contribution is 2.19. The minimum atomic E-state index is -0.719. The van der Waals surface area contributed by atoms with Crippen molar-refractivity contribution in [2.75, 3.05) is 0 Å². The van der Waals surface area contributed by atoms with E-state index in [9.17, 15) is 9.59 Å². The number of carboxylic acids is 1. The number of hydrogen-bond donors (Lipinski definition) is 1. The van der Waals surface area contributed by atoms with Crippen LogP contribution in [0, 0.1) is 0 Å². The molecule has 32 heavy (non-hydrogen) atoms. The Morgan fingerprint density at radius 3 is 1.94 bits per heavy atom. The summed E-state index contributed by atoms with van der Waals surface area (Å²) in [5, 5.41) is 8.79. The number of aliphatic carboxylic acids is 1. The summed E-state index contributed by atoms with van der Waals surface area (Å²) >= 11 is 0. The second-order valence-electron chi connectivity index (χ2n) is 8.78. The summed E-state index contributed by atoms with van der Waals surface area (Å²) in [5.74, 6) is -0.896. The molecule has 1 aromatic rings. The molecule has 0 bridgehead atoms. The Morgan fingerprint density at radius 2 is 1.38 bits per heavy atom. The molecule has 1 N–H and O–H groups in total. The van der Waals surface area contributed by atoms with Crippen molar-refractivity contribution >= 4 is 11.9 Å². The maximum Gasteiger partial charge on any atom is 0.303 e. The second kappa shape index (κ2) is 18.7. The molecule has 0 aliphatic carbocycles. The van der Waals surface area contributed by atoms with Crippen LogP contribution in [0.15, 0.2) is 30.3 Å². The predicted octanol–water partition coefficient (Wildman–Crippen LogP) is 7.07. The topological polar surface area (TPSA) is 72.8 Å². The van der Waals surface area contributed by atoms with E-state index < -0.39 is 5.97 Å². The minimum Gasteiger partial charge on any atom is -0.481 e. The van der Waals surface area contributed by atoms with Gasteiger partial charge in [-0.15, -0.1) is 0 Å². The van der Waals surface area contributed by atoms with Gasteiger partial charge in [-0.25, -0.2) is 0 Å². The Morgan fingerprint density at radius 1 is 0.812 bits per heavy atom. The number of rotatable bonds is 20. The zero-order valence-corrected chi connectivity index (χ0v) is 20.2. The van der Waals surface area contributed by atoms with E-state index in [2.05, 4.69) is 19.1 Å². The van der Waals surface area contributed by atoms with Crippen molar-refractivity contribution in [3.05, 3.63) is 35.9 Å². The average Bonchev–Trinajstić information content (AvgIpc) is 2.76. The van der Waals surface area contributed by atoms with Crippen molar-refractivity contribution in [1.82, 2.24) is 0 Å². The number of carboxylic acid groups (broad SMARTS) is 1. The molecule has 1 aromatic carbocycles. The van der Waals surface area contributed by atoms with Crippen LogP contribution in [-0.4, -0.2) is 29.3 Å². The third-order valence-corrected chi connectivity index (χ3v) is 5.76. The molecule has 0 spiro atoms. The normalized spacial score (nSPS) is 12.9. The first-order chi connectivity index (χ1) is 15.5. The van der Waals surface area contributed by atoms with E-state index in [0.717, 1.165) is 70.6 Å². The van der Waals surface area contributed by atoms with Gasteiger partial charge in [0.25, 0.3) is 0 Å². The Hall–Kier alpha value is -1.88. The van der Waals surface area contributed by atoms with Gasteiger partial charge in [0.1, 0.15) is 6.10 Å². The van der Waals surface area contributed by atoms with E-state index in [0.29, 0.717) is 6.61 Å². The average molecular weight is 449 g/mol. The van der Waals surface area contributed by atoms with Gasteiger partial charge in [-0.1, -0.05) is 75.8 Å². The molecule has 0 saturated heterocycles. The van der Waals surface area contributed by atoms with Crippen LogP contribution in [-0.2, 0) is 25.7 Å². The van der Waals surface area contributed by atoms with E-state index in [1.54, 1.807) is 0 Å². The molecule has 2 unspecified atom stereocenters. The molecule has 0 aromatic heterocycles. The maximum absolute atomic E-state index is 11.4. The van der Waals surface area contributed by atoms with Gasteiger partial charge in [0, 0.05) is 13.3 Å². The van der Waals surface area contributed by atoms with Gasteiger partial charge >= 0.3 is 11.9 Å². The first-order valence-corrected chi connectivity index (χ1v) is 12.6. The molecule has 0 saturated carbocycles. The molecule has 182 valence electrons. The number of benzene rings is 1. The fourth-order valence-electron chi connectivity index (χ4n) is 3.96. The van der Waals surface area contributed by atoms with Crippen LogP contribution in [0.4, 0.5) is 0 Å².